The van der Waals surface area contributed by atoms with Crippen molar-refractivity contribution in [3.05, 3.63) is 41.5 Å². The van der Waals surface area contributed by atoms with E-state index in [1.807, 2.05) is 38.1 Å². The van der Waals surface area contributed by atoms with Gasteiger partial charge >= 0.3 is 5.97 Å². The second kappa shape index (κ2) is 7.36. The summed E-state index contributed by atoms with van der Waals surface area (Å²) >= 11 is 0. The predicted molar refractivity (Wildman–Crippen MR) is 74.7 cm³/mol. The molecule has 0 aliphatic carbocycles. The molecule has 19 heavy (non-hydrogen) atoms. The SMILES string of the molecule is CCC(CC(=O)O)NC(=O)/C=C/c1ccccc1C. The van der Waals surface area contributed by atoms with E-state index in [0.717, 1.165) is 11.1 Å². The van der Waals surface area contributed by atoms with Gasteiger partial charge in [-0.3, -0.25) is 9.59 Å². The van der Waals surface area contributed by atoms with Crippen LogP contribution in [0.15, 0.2) is 30.3 Å². The third-order valence-corrected chi connectivity index (χ3v) is 2.86. The van der Waals surface area contributed by atoms with Gasteiger partial charge in [0.1, 0.15) is 0 Å². The van der Waals surface area contributed by atoms with E-state index >= 15 is 0 Å². The largest absolute Gasteiger partial charge is 0.481 e. The monoisotopic (exact) mass is 261 g/mol. The normalized spacial score (nSPS) is 12.3. The molecule has 0 bridgehead atoms. The standard InChI is InChI=1S/C15H19NO3/c1-3-13(10-15(18)19)16-14(17)9-8-12-7-5-4-6-11(12)2/h4-9,13H,3,10H2,1-2H3,(H,16,17)(H,18,19)/b9-8+. The summed E-state index contributed by atoms with van der Waals surface area (Å²) in [5, 5.41) is 11.4. The van der Waals surface area contributed by atoms with Crippen LogP contribution in [0.5, 0.6) is 0 Å². The zero-order valence-corrected chi connectivity index (χ0v) is 11.2. The van der Waals surface area contributed by atoms with Gasteiger partial charge < -0.3 is 10.4 Å². The van der Waals surface area contributed by atoms with E-state index < -0.39 is 5.97 Å². The molecule has 4 heteroatoms. The van der Waals surface area contributed by atoms with E-state index in [-0.39, 0.29) is 18.4 Å². The number of amides is 1. The highest BCUT2D eigenvalue weighted by Gasteiger charge is 2.12. The Kier molecular flexibility index (Phi) is 5.79. The quantitative estimate of drug-likeness (QED) is 0.773. The van der Waals surface area contributed by atoms with Crippen LogP contribution in [0.2, 0.25) is 0 Å². The maximum absolute atomic E-state index is 11.7. The van der Waals surface area contributed by atoms with Gasteiger partial charge in [-0.15, -0.1) is 0 Å². The first-order valence-corrected chi connectivity index (χ1v) is 6.29. The van der Waals surface area contributed by atoms with Crippen molar-refractivity contribution in [1.82, 2.24) is 5.32 Å². The Labute approximate surface area is 113 Å². The van der Waals surface area contributed by atoms with Crippen LogP contribution in [-0.4, -0.2) is 23.0 Å². The lowest BCUT2D eigenvalue weighted by Gasteiger charge is -2.12. The van der Waals surface area contributed by atoms with Crippen molar-refractivity contribution >= 4 is 18.0 Å². The van der Waals surface area contributed by atoms with Gasteiger partial charge in [0.05, 0.1) is 6.42 Å². The van der Waals surface area contributed by atoms with E-state index in [1.54, 1.807) is 6.08 Å². The fourth-order valence-electron chi connectivity index (χ4n) is 1.70. The minimum Gasteiger partial charge on any atom is -0.481 e. The van der Waals surface area contributed by atoms with Gasteiger partial charge in [0, 0.05) is 12.1 Å². The molecule has 0 heterocycles. The molecule has 0 aliphatic rings. The lowest BCUT2D eigenvalue weighted by Crippen LogP contribution is -2.34. The number of benzene rings is 1. The minimum absolute atomic E-state index is 0.0551. The smallest absolute Gasteiger partial charge is 0.305 e. The zero-order chi connectivity index (χ0) is 14.3. The first kappa shape index (κ1) is 15.0. The number of nitrogens with one attached hydrogen (secondary N) is 1. The first-order valence-electron chi connectivity index (χ1n) is 6.29. The molecule has 0 aromatic heterocycles. The summed E-state index contributed by atoms with van der Waals surface area (Å²) in [7, 11) is 0. The summed E-state index contributed by atoms with van der Waals surface area (Å²) in [6.45, 7) is 3.82. The average molecular weight is 261 g/mol. The van der Waals surface area contributed by atoms with E-state index in [9.17, 15) is 9.59 Å². The molecular formula is C15H19NO3. The maximum atomic E-state index is 11.7. The first-order chi connectivity index (χ1) is 9.02. The van der Waals surface area contributed by atoms with Crippen LogP contribution in [0.3, 0.4) is 0 Å². The van der Waals surface area contributed by atoms with Gasteiger partial charge in [0.15, 0.2) is 0 Å². The number of hydrogen-bond donors (Lipinski definition) is 2. The third-order valence-electron chi connectivity index (χ3n) is 2.86. The molecule has 0 radical (unpaired) electrons. The lowest BCUT2D eigenvalue weighted by atomic mass is 10.1. The number of carbonyl (C=O) groups is 2. The van der Waals surface area contributed by atoms with Crippen LogP contribution in [0, 0.1) is 6.92 Å². The van der Waals surface area contributed by atoms with Gasteiger partial charge in [-0.1, -0.05) is 31.2 Å². The molecule has 0 aliphatic heterocycles. The van der Waals surface area contributed by atoms with Crippen molar-refractivity contribution in [3.63, 3.8) is 0 Å². The highest BCUT2D eigenvalue weighted by molar-refractivity contribution is 5.92. The van der Waals surface area contributed by atoms with E-state index in [0.29, 0.717) is 6.42 Å². The van der Waals surface area contributed by atoms with Gasteiger partial charge in [-0.25, -0.2) is 0 Å². The van der Waals surface area contributed by atoms with Crippen molar-refractivity contribution in [2.75, 3.05) is 0 Å². The molecule has 2 N–H and O–H groups in total. The molecule has 102 valence electrons. The Morgan fingerprint density at radius 2 is 2.05 bits per heavy atom. The molecule has 0 spiro atoms. The van der Waals surface area contributed by atoms with Crippen LogP contribution in [0.4, 0.5) is 0 Å². The average Bonchev–Trinajstić information content (AvgIpc) is 2.36. The minimum atomic E-state index is -0.907. The fourth-order valence-corrected chi connectivity index (χ4v) is 1.70. The Morgan fingerprint density at radius 3 is 2.63 bits per heavy atom. The summed E-state index contributed by atoms with van der Waals surface area (Å²) in [6.07, 6.45) is 3.71. The van der Waals surface area contributed by atoms with Crippen LogP contribution >= 0.6 is 0 Å². The van der Waals surface area contributed by atoms with E-state index in [4.69, 9.17) is 5.11 Å². The molecule has 4 nitrogen and oxygen atoms in total. The molecule has 1 amide bonds. The third kappa shape index (κ3) is 5.38. The highest BCUT2D eigenvalue weighted by atomic mass is 16.4. The molecule has 1 aromatic carbocycles. The molecule has 1 aromatic rings. The Morgan fingerprint density at radius 1 is 1.37 bits per heavy atom. The summed E-state index contributed by atoms with van der Waals surface area (Å²) in [6, 6.07) is 7.41. The van der Waals surface area contributed by atoms with Crippen molar-refractivity contribution in [3.8, 4) is 0 Å². The number of aliphatic carboxylic acids is 1. The number of hydrogen-bond acceptors (Lipinski definition) is 2. The van der Waals surface area contributed by atoms with Gasteiger partial charge in [-0.05, 0) is 30.5 Å². The van der Waals surface area contributed by atoms with Crippen molar-refractivity contribution in [2.24, 2.45) is 0 Å². The number of aryl methyl sites for hydroxylation is 1. The van der Waals surface area contributed by atoms with Gasteiger partial charge in [-0.2, -0.15) is 0 Å². The molecular weight excluding hydrogens is 242 g/mol. The number of rotatable bonds is 6. The second-order valence-electron chi connectivity index (χ2n) is 4.40. The Balaban J connectivity index is 2.59. The molecule has 1 rings (SSSR count). The van der Waals surface area contributed by atoms with Gasteiger partial charge in [0.2, 0.25) is 5.91 Å². The Hall–Kier alpha value is -2.10. The number of carbonyl (C=O) groups excluding carboxylic acids is 1. The number of carboxylic acids is 1. The summed E-state index contributed by atoms with van der Waals surface area (Å²) in [5.74, 6) is -1.17. The predicted octanol–water partition coefficient (Wildman–Crippen LogP) is 2.38. The number of carboxylic acid groups (broad SMARTS) is 1. The highest BCUT2D eigenvalue weighted by Crippen LogP contribution is 2.08. The van der Waals surface area contributed by atoms with Crippen LogP contribution < -0.4 is 5.32 Å². The van der Waals surface area contributed by atoms with Crippen LogP contribution in [0.1, 0.15) is 30.9 Å². The fraction of sp³-hybridized carbons (Fsp3) is 0.333. The zero-order valence-electron chi connectivity index (χ0n) is 11.2. The Bertz CT molecular complexity index is 480. The molecule has 1 atom stereocenters. The molecule has 1 unspecified atom stereocenters. The molecule has 0 fully saturated rings. The van der Waals surface area contributed by atoms with Gasteiger partial charge in [0.25, 0.3) is 0 Å². The summed E-state index contributed by atoms with van der Waals surface area (Å²) in [4.78, 5) is 22.3. The van der Waals surface area contributed by atoms with Crippen LogP contribution in [-0.2, 0) is 9.59 Å². The maximum Gasteiger partial charge on any atom is 0.305 e. The van der Waals surface area contributed by atoms with E-state index in [2.05, 4.69) is 5.32 Å². The lowest BCUT2D eigenvalue weighted by molar-refractivity contribution is -0.137. The molecule has 0 saturated carbocycles. The molecule has 0 saturated heterocycles. The van der Waals surface area contributed by atoms with Crippen LogP contribution in [0.25, 0.3) is 6.08 Å². The summed E-state index contributed by atoms with van der Waals surface area (Å²) < 4.78 is 0. The summed E-state index contributed by atoms with van der Waals surface area (Å²) in [5.41, 5.74) is 2.06. The topological polar surface area (TPSA) is 66.4 Å². The van der Waals surface area contributed by atoms with Crippen molar-refractivity contribution in [2.45, 2.75) is 32.7 Å². The van der Waals surface area contributed by atoms with E-state index in [1.165, 1.54) is 6.08 Å². The van der Waals surface area contributed by atoms with Crippen molar-refractivity contribution in [1.29, 1.82) is 0 Å². The van der Waals surface area contributed by atoms with Crippen molar-refractivity contribution < 1.29 is 14.7 Å². The second-order valence-corrected chi connectivity index (χ2v) is 4.40.